The zero-order valence-corrected chi connectivity index (χ0v) is 8.94. The maximum atomic E-state index is 9.26. The molecule has 6 heteroatoms. The number of hydrogen-bond donors (Lipinski definition) is 2. The molecule has 3 N–H and O–H groups in total. The Labute approximate surface area is 90.5 Å². The fourth-order valence-electron chi connectivity index (χ4n) is 1.09. The summed E-state index contributed by atoms with van der Waals surface area (Å²) in [5.41, 5.74) is 6.56. The molecule has 0 aromatic carbocycles. The smallest absolute Gasteiger partial charge is 0.246 e. The van der Waals surface area contributed by atoms with Crippen molar-refractivity contribution >= 4 is 11.3 Å². The quantitative estimate of drug-likeness (QED) is 0.819. The number of thiophene rings is 1. The molecule has 15 heavy (non-hydrogen) atoms. The summed E-state index contributed by atoms with van der Waals surface area (Å²) in [6.45, 7) is 1.58. The topological polar surface area (TPSA) is 85.2 Å². The Kier molecular flexibility index (Phi) is 2.81. The lowest BCUT2D eigenvalue weighted by Gasteiger charge is -2.08. The molecule has 2 atom stereocenters. The van der Waals surface area contributed by atoms with Crippen molar-refractivity contribution in [2.75, 3.05) is 0 Å². The molecule has 2 aromatic rings. The lowest BCUT2D eigenvalue weighted by atomic mass is 10.2. The Morgan fingerprint density at radius 3 is 3.00 bits per heavy atom. The summed E-state index contributed by atoms with van der Waals surface area (Å²) in [5.74, 6) is 0.758. The van der Waals surface area contributed by atoms with Crippen LogP contribution in [0.4, 0.5) is 0 Å². The van der Waals surface area contributed by atoms with Crippen molar-refractivity contribution in [1.29, 1.82) is 0 Å². The van der Waals surface area contributed by atoms with E-state index in [-0.39, 0.29) is 5.89 Å². The third kappa shape index (κ3) is 2.06. The zero-order valence-electron chi connectivity index (χ0n) is 8.12. The molecule has 2 aromatic heterocycles. The number of hydrogen-bond acceptors (Lipinski definition) is 6. The fourth-order valence-corrected chi connectivity index (χ4v) is 1.72. The van der Waals surface area contributed by atoms with Crippen LogP contribution < -0.4 is 5.73 Å². The third-order valence-corrected chi connectivity index (χ3v) is 2.71. The molecule has 0 aliphatic carbocycles. The summed E-state index contributed by atoms with van der Waals surface area (Å²) in [7, 11) is 0. The van der Waals surface area contributed by atoms with Crippen LogP contribution in [0.1, 0.15) is 18.9 Å². The first-order valence-corrected chi connectivity index (χ1v) is 5.42. The molecule has 2 heterocycles. The molecule has 0 radical (unpaired) electrons. The van der Waals surface area contributed by atoms with Crippen molar-refractivity contribution in [3.8, 4) is 11.4 Å². The largest absolute Gasteiger partial charge is 0.391 e. The molecular formula is C9H11N3O2S. The van der Waals surface area contributed by atoms with Gasteiger partial charge in [0.25, 0.3) is 0 Å². The molecule has 0 fully saturated rings. The second-order valence-electron chi connectivity index (χ2n) is 3.23. The van der Waals surface area contributed by atoms with Gasteiger partial charge in [0.1, 0.15) is 6.04 Å². The molecule has 0 bridgehead atoms. The molecule has 0 amide bonds. The van der Waals surface area contributed by atoms with Crippen molar-refractivity contribution in [2.24, 2.45) is 5.73 Å². The van der Waals surface area contributed by atoms with E-state index in [2.05, 4.69) is 10.1 Å². The molecule has 0 aliphatic heterocycles. The van der Waals surface area contributed by atoms with Crippen LogP contribution in [0.15, 0.2) is 21.3 Å². The average molecular weight is 225 g/mol. The number of aromatic nitrogens is 2. The van der Waals surface area contributed by atoms with Gasteiger partial charge in [0.15, 0.2) is 0 Å². The fraction of sp³-hybridized carbons (Fsp3) is 0.333. The van der Waals surface area contributed by atoms with Crippen LogP contribution >= 0.6 is 11.3 Å². The van der Waals surface area contributed by atoms with E-state index in [4.69, 9.17) is 10.3 Å². The number of rotatable bonds is 3. The second kappa shape index (κ2) is 4.09. The van der Waals surface area contributed by atoms with Crippen LogP contribution in [0.3, 0.4) is 0 Å². The summed E-state index contributed by atoms with van der Waals surface area (Å²) in [4.78, 5) is 4.12. The molecule has 0 saturated heterocycles. The third-order valence-electron chi connectivity index (χ3n) is 2.03. The maximum absolute atomic E-state index is 9.26. The van der Waals surface area contributed by atoms with Crippen molar-refractivity contribution in [1.82, 2.24) is 10.1 Å². The van der Waals surface area contributed by atoms with Crippen LogP contribution in [0.2, 0.25) is 0 Å². The Hall–Kier alpha value is -1.24. The van der Waals surface area contributed by atoms with Gasteiger partial charge in [0.2, 0.25) is 11.7 Å². The lowest BCUT2D eigenvalue weighted by Crippen LogP contribution is -2.23. The zero-order chi connectivity index (χ0) is 10.8. The first-order valence-electron chi connectivity index (χ1n) is 4.48. The lowest BCUT2D eigenvalue weighted by molar-refractivity contribution is 0.146. The van der Waals surface area contributed by atoms with Crippen molar-refractivity contribution in [2.45, 2.75) is 19.1 Å². The van der Waals surface area contributed by atoms with E-state index in [1.807, 2.05) is 16.8 Å². The van der Waals surface area contributed by atoms with Gasteiger partial charge in [-0.3, -0.25) is 0 Å². The highest BCUT2D eigenvalue weighted by atomic mass is 32.1. The van der Waals surface area contributed by atoms with Crippen molar-refractivity contribution < 1.29 is 9.63 Å². The van der Waals surface area contributed by atoms with Crippen LogP contribution in [0.5, 0.6) is 0 Å². The standard InChI is InChI=1S/C9H11N3O2S/c1-5(13)7(10)9-11-8(12-14-9)6-2-3-15-4-6/h2-5,7,13H,10H2,1H3/t5-,7+/m1/s1. The van der Waals surface area contributed by atoms with Gasteiger partial charge in [0.05, 0.1) is 6.10 Å². The molecule has 0 unspecified atom stereocenters. The van der Waals surface area contributed by atoms with Crippen LogP contribution in [0.25, 0.3) is 11.4 Å². The monoisotopic (exact) mass is 225 g/mol. The molecule has 0 saturated carbocycles. The van der Waals surface area contributed by atoms with Gasteiger partial charge in [-0.1, -0.05) is 5.16 Å². The van der Waals surface area contributed by atoms with E-state index in [9.17, 15) is 5.11 Å². The number of nitrogens with two attached hydrogens (primary N) is 1. The predicted molar refractivity (Wildman–Crippen MR) is 56.2 cm³/mol. The highest BCUT2D eigenvalue weighted by Gasteiger charge is 2.19. The molecule has 80 valence electrons. The van der Waals surface area contributed by atoms with E-state index < -0.39 is 12.1 Å². The van der Waals surface area contributed by atoms with E-state index >= 15 is 0 Å². The maximum Gasteiger partial charge on any atom is 0.246 e. The van der Waals surface area contributed by atoms with E-state index in [0.717, 1.165) is 5.56 Å². The Balaban J connectivity index is 2.25. The Morgan fingerprint density at radius 1 is 1.60 bits per heavy atom. The van der Waals surface area contributed by atoms with E-state index in [1.165, 1.54) is 0 Å². The van der Waals surface area contributed by atoms with Crippen molar-refractivity contribution in [3.63, 3.8) is 0 Å². The predicted octanol–water partition coefficient (Wildman–Crippen LogP) is 1.18. The molecular weight excluding hydrogens is 214 g/mol. The minimum atomic E-state index is -0.708. The highest BCUT2D eigenvalue weighted by molar-refractivity contribution is 7.08. The molecule has 5 nitrogen and oxygen atoms in total. The summed E-state index contributed by atoms with van der Waals surface area (Å²) < 4.78 is 4.97. The number of aliphatic hydroxyl groups is 1. The Bertz CT molecular complexity index is 424. The number of aliphatic hydroxyl groups excluding tert-OH is 1. The van der Waals surface area contributed by atoms with Gasteiger partial charge < -0.3 is 15.4 Å². The van der Waals surface area contributed by atoms with Gasteiger partial charge in [-0.2, -0.15) is 16.3 Å². The van der Waals surface area contributed by atoms with E-state index in [1.54, 1.807) is 18.3 Å². The average Bonchev–Trinajstić information content (AvgIpc) is 2.86. The van der Waals surface area contributed by atoms with Crippen LogP contribution in [-0.2, 0) is 0 Å². The summed E-state index contributed by atoms with van der Waals surface area (Å²) in [5, 5.41) is 16.9. The minimum absolute atomic E-state index is 0.256. The van der Waals surface area contributed by atoms with Crippen LogP contribution in [0, 0.1) is 0 Å². The van der Waals surface area contributed by atoms with Gasteiger partial charge in [0, 0.05) is 10.9 Å². The van der Waals surface area contributed by atoms with E-state index in [0.29, 0.717) is 5.82 Å². The SMILES string of the molecule is C[C@@H](O)[C@H](N)c1nc(-c2ccsc2)no1. The summed E-state index contributed by atoms with van der Waals surface area (Å²) >= 11 is 1.56. The van der Waals surface area contributed by atoms with Gasteiger partial charge in [-0.25, -0.2) is 0 Å². The van der Waals surface area contributed by atoms with Gasteiger partial charge in [-0.15, -0.1) is 0 Å². The molecule has 0 aliphatic rings. The van der Waals surface area contributed by atoms with Gasteiger partial charge >= 0.3 is 0 Å². The summed E-state index contributed by atoms with van der Waals surface area (Å²) in [6, 6.07) is 1.26. The molecule has 2 rings (SSSR count). The van der Waals surface area contributed by atoms with Crippen LogP contribution in [-0.4, -0.2) is 21.4 Å². The van der Waals surface area contributed by atoms with Gasteiger partial charge in [-0.05, 0) is 18.4 Å². The first kappa shape index (κ1) is 10.3. The normalized spacial score (nSPS) is 15.1. The second-order valence-corrected chi connectivity index (χ2v) is 4.01. The first-order chi connectivity index (χ1) is 7.18. The minimum Gasteiger partial charge on any atom is -0.391 e. The number of nitrogens with zero attached hydrogens (tertiary/aromatic N) is 2. The molecule has 0 spiro atoms. The Morgan fingerprint density at radius 2 is 2.40 bits per heavy atom. The van der Waals surface area contributed by atoms with Crippen molar-refractivity contribution in [3.05, 3.63) is 22.7 Å². The summed E-state index contributed by atoms with van der Waals surface area (Å²) in [6.07, 6.45) is -0.708. The highest BCUT2D eigenvalue weighted by Crippen LogP contribution is 2.21.